The number of carbonyl (C=O) groups excluding carboxylic acids is 2. The fraction of sp³-hybridized carbons (Fsp3) is 0.286. The SMILES string of the molecule is CCCn1nc(C(=O)Nc2cccc(-n3ncc(C(=O)OCC)c3C)c2)ccc1=O. The molecule has 0 spiro atoms. The van der Waals surface area contributed by atoms with Gasteiger partial charge in [-0.3, -0.25) is 9.59 Å². The molecule has 0 radical (unpaired) electrons. The Bertz CT molecular complexity index is 1130. The Kier molecular flexibility index (Phi) is 6.41. The minimum atomic E-state index is -0.431. The summed E-state index contributed by atoms with van der Waals surface area (Å²) in [5, 5.41) is 11.2. The van der Waals surface area contributed by atoms with E-state index in [-0.39, 0.29) is 17.9 Å². The molecule has 2 heterocycles. The third kappa shape index (κ3) is 4.45. The molecule has 1 amide bonds. The molecule has 156 valence electrons. The molecule has 0 aliphatic heterocycles. The van der Waals surface area contributed by atoms with Crippen LogP contribution in [0, 0.1) is 6.92 Å². The van der Waals surface area contributed by atoms with Crippen LogP contribution in [0.2, 0.25) is 0 Å². The van der Waals surface area contributed by atoms with E-state index in [4.69, 9.17) is 4.74 Å². The Hall–Kier alpha value is -3.75. The summed E-state index contributed by atoms with van der Waals surface area (Å²) in [6.45, 7) is 6.16. The van der Waals surface area contributed by atoms with Gasteiger partial charge < -0.3 is 10.1 Å². The summed E-state index contributed by atoms with van der Waals surface area (Å²) in [4.78, 5) is 36.4. The number of rotatable bonds is 7. The molecule has 0 saturated heterocycles. The Morgan fingerprint density at radius 2 is 1.97 bits per heavy atom. The van der Waals surface area contributed by atoms with Gasteiger partial charge in [0.1, 0.15) is 11.3 Å². The summed E-state index contributed by atoms with van der Waals surface area (Å²) in [5.41, 5.74) is 2.11. The molecule has 2 aromatic heterocycles. The lowest BCUT2D eigenvalue weighted by Crippen LogP contribution is -2.26. The molecule has 0 bridgehead atoms. The Morgan fingerprint density at radius 3 is 2.70 bits per heavy atom. The fourth-order valence-electron chi connectivity index (χ4n) is 2.93. The van der Waals surface area contributed by atoms with E-state index >= 15 is 0 Å². The highest BCUT2D eigenvalue weighted by Gasteiger charge is 2.16. The van der Waals surface area contributed by atoms with Gasteiger partial charge in [-0.25, -0.2) is 14.2 Å². The normalized spacial score (nSPS) is 10.6. The van der Waals surface area contributed by atoms with E-state index in [1.807, 2.05) is 13.0 Å². The molecule has 0 unspecified atom stereocenters. The largest absolute Gasteiger partial charge is 0.462 e. The van der Waals surface area contributed by atoms with Gasteiger partial charge in [-0.15, -0.1) is 0 Å². The smallest absolute Gasteiger partial charge is 0.341 e. The lowest BCUT2D eigenvalue weighted by atomic mass is 10.2. The van der Waals surface area contributed by atoms with E-state index in [1.54, 1.807) is 36.7 Å². The Balaban J connectivity index is 1.83. The summed E-state index contributed by atoms with van der Waals surface area (Å²) in [6.07, 6.45) is 2.19. The van der Waals surface area contributed by atoms with Crippen molar-refractivity contribution in [3.8, 4) is 5.69 Å². The Labute approximate surface area is 173 Å². The second-order valence-electron chi connectivity index (χ2n) is 6.56. The molecule has 0 aliphatic rings. The van der Waals surface area contributed by atoms with E-state index in [9.17, 15) is 14.4 Å². The number of aromatic nitrogens is 4. The highest BCUT2D eigenvalue weighted by Crippen LogP contribution is 2.19. The van der Waals surface area contributed by atoms with Gasteiger partial charge in [0.25, 0.3) is 11.5 Å². The van der Waals surface area contributed by atoms with Crippen molar-refractivity contribution < 1.29 is 14.3 Å². The second kappa shape index (κ2) is 9.17. The van der Waals surface area contributed by atoms with Crippen molar-refractivity contribution in [3.05, 3.63) is 69.9 Å². The molecule has 0 aliphatic carbocycles. The molecule has 9 heteroatoms. The molecule has 0 atom stereocenters. The number of anilines is 1. The Morgan fingerprint density at radius 1 is 1.17 bits per heavy atom. The first-order chi connectivity index (χ1) is 14.4. The molecule has 3 rings (SSSR count). The van der Waals surface area contributed by atoms with Crippen molar-refractivity contribution in [1.82, 2.24) is 19.6 Å². The topological polar surface area (TPSA) is 108 Å². The number of hydrogen-bond acceptors (Lipinski definition) is 6. The highest BCUT2D eigenvalue weighted by atomic mass is 16.5. The molecule has 3 aromatic rings. The summed E-state index contributed by atoms with van der Waals surface area (Å²) in [7, 11) is 0. The van der Waals surface area contributed by atoms with Crippen LogP contribution in [0.5, 0.6) is 0 Å². The number of ether oxygens (including phenoxy) is 1. The number of carbonyl (C=O) groups is 2. The van der Waals surface area contributed by atoms with Crippen molar-refractivity contribution in [3.63, 3.8) is 0 Å². The number of benzene rings is 1. The highest BCUT2D eigenvalue weighted by molar-refractivity contribution is 6.02. The predicted octanol–water partition coefficient (Wildman–Crippen LogP) is 2.58. The maximum Gasteiger partial charge on any atom is 0.341 e. The minimum Gasteiger partial charge on any atom is -0.462 e. The van der Waals surface area contributed by atoms with Crippen molar-refractivity contribution in [2.24, 2.45) is 0 Å². The number of amides is 1. The zero-order valence-corrected chi connectivity index (χ0v) is 17.1. The van der Waals surface area contributed by atoms with Gasteiger partial charge in [0, 0.05) is 18.3 Å². The van der Waals surface area contributed by atoms with Crippen LogP contribution in [-0.4, -0.2) is 38.0 Å². The number of esters is 1. The third-order valence-electron chi connectivity index (χ3n) is 4.39. The monoisotopic (exact) mass is 409 g/mol. The molecule has 30 heavy (non-hydrogen) atoms. The lowest BCUT2D eigenvalue weighted by Gasteiger charge is -2.10. The van der Waals surface area contributed by atoms with Crippen molar-refractivity contribution in [2.45, 2.75) is 33.7 Å². The predicted molar refractivity (Wildman–Crippen MR) is 111 cm³/mol. The summed E-state index contributed by atoms with van der Waals surface area (Å²) in [6, 6.07) is 9.77. The number of aryl methyl sites for hydroxylation is 1. The van der Waals surface area contributed by atoms with E-state index in [0.29, 0.717) is 29.2 Å². The van der Waals surface area contributed by atoms with Gasteiger partial charge >= 0.3 is 5.97 Å². The van der Waals surface area contributed by atoms with Gasteiger partial charge in [0.05, 0.1) is 24.2 Å². The van der Waals surface area contributed by atoms with Crippen LogP contribution < -0.4 is 10.9 Å². The molecule has 1 N–H and O–H groups in total. The van der Waals surface area contributed by atoms with Crippen molar-refractivity contribution in [2.75, 3.05) is 11.9 Å². The number of nitrogens with zero attached hydrogens (tertiary/aromatic N) is 4. The van der Waals surface area contributed by atoms with Gasteiger partial charge in [0.2, 0.25) is 0 Å². The maximum atomic E-state index is 12.6. The van der Waals surface area contributed by atoms with Crippen LogP contribution in [0.1, 0.15) is 46.8 Å². The molecule has 1 aromatic carbocycles. The summed E-state index contributed by atoms with van der Waals surface area (Å²) >= 11 is 0. The van der Waals surface area contributed by atoms with Crippen molar-refractivity contribution >= 4 is 17.6 Å². The first kappa shape index (κ1) is 21.0. The first-order valence-electron chi connectivity index (χ1n) is 9.66. The zero-order valence-electron chi connectivity index (χ0n) is 17.1. The van der Waals surface area contributed by atoms with E-state index < -0.39 is 11.9 Å². The van der Waals surface area contributed by atoms with Crippen molar-refractivity contribution in [1.29, 1.82) is 0 Å². The molecular formula is C21H23N5O4. The van der Waals surface area contributed by atoms with E-state index in [0.717, 1.165) is 6.42 Å². The van der Waals surface area contributed by atoms with Crippen LogP contribution in [0.4, 0.5) is 5.69 Å². The molecular weight excluding hydrogens is 386 g/mol. The quantitative estimate of drug-likeness (QED) is 0.601. The molecule has 0 fully saturated rings. The van der Waals surface area contributed by atoms with Gasteiger partial charge in [-0.1, -0.05) is 13.0 Å². The van der Waals surface area contributed by atoms with Gasteiger partial charge in [0.15, 0.2) is 0 Å². The number of nitrogens with one attached hydrogen (secondary N) is 1. The van der Waals surface area contributed by atoms with Gasteiger partial charge in [-0.2, -0.15) is 10.2 Å². The standard InChI is InChI=1S/C21H23N5O4/c1-4-11-25-19(27)10-9-18(24-25)20(28)23-15-7-6-8-16(12-15)26-14(3)17(13-22-26)21(29)30-5-2/h6-10,12-13H,4-5,11H2,1-3H3,(H,23,28). The third-order valence-corrected chi connectivity index (χ3v) is 4.39. The van der Waals surface area contributed by atoms with Crippen LogP contribution in [0.15, 0.2) is 47.4 Å². The number of hydrogen-bond donors (Lipinski definition) is 1. The van der Waals surface area contributed by atoms with Crippen LogP contribution in [0.3, 0.4) is 0 Å². The lowest BCUT2D eigenvalue weighted by molar-refractivity contribution is 0.0525. The summed E-state index contributed by atoms with van der Waals surface area (Å²) < 4.78 is 7.91. The second-order valence-corrected chi connectivity index (χ2v) is 6.56. The van der Waals surface area contributed by atoms with Gasteiger partial charge in [-0.05, 0) is 44.5 Å². The minimum absolute atomic E-state index is 0.147. The van der Waals surface area contributed by atoms with E-state index in [2.05, 4.69) is 15.5 Å². The first-order valence-corrected chi connectivity index (χ1v) is 9.66. The summed E-state index contributed by atoms with van der Waals surface area (Å²) in [5.74, 6) is -0.861. The maximum absolute atomic E-state index is 12.6. The zero-order chi connectivity index (χ0) is 21.7. The fourth-order valence-corrected chi connectivity index (χ4v) is 2.93. The van der Waals surface area contributed by atoms with Crippen LogP contribution >= 0.6 is 0 Å². The molecule has 0 saturated carbocycles. The van der Waals surface area contributed by atoms with Crippen LogP contribution in [-0.2, 0) is 11.3 Å². The van der Waals surface area contributed by atoms with E-state index in [1.165, 1.54) is 23.0 Å². The average Bonchev–Trinajstić information content (AvgIpc) is 3.11. The average molecular weight is 409 g/mol. The van der Waals surface area contributed by atoms with Crippen LogP contribution in [0.25, 0.3) is 5.69 Å². The molecule has 9 nitrogen and oxygen atoms in total.